The van der Waals surface area contributed by atoms with Crippen LogP contribution >= 0.6 is 23.2 Å². The third kappa shape index (κ3) is 3.43. The fraction of sp³-hybridized carbons (Fsp3) is 0.417. The van der Waals surface area contributed by atoms with Crippen LogP contribution in [0.3, 0.4) is 0 Å². The second-order valence-electron chi connectivity index (χ2n) is 4.17. The average Bonchev–Trinajstić information content (AvgIpc) is 2.69. The summed E-state index contributed by atoms with van der Waals surface area (Å²) in [5.74, 6) is 0.688. The van der Waals surface area contributed by atoms with Gasteiger partial charge in [-0.15, -0.1) is 0 Å². The molecule has 2 N–H and O–H groups in total. The minimum Gasteiger partial charge on any atom is -0.491 e. The summed E-state index contributed by atoms with van der Waals surface area (Å²) in [4.78, 5) is 4.15. The van der Waals surface area contributed by atoms with E-state index in [-0.39, 0.29) is 18.2 Å². The van der Waals surface area contributed by atoms with Gasteiger partial charge in [0.1, 0.15) is 12.4 Å². The smallest absolute Gasteiger partial charge is 0.282 e. The third-order valence-corrected chi connectivity index (χ3v) is 3.30. The normalized spacial score (nSPS) is 20.2. The minimum atomic E-state index is -0.00880. The van der Waals surface area contributed by atoms with Crippen molar-refractivity contribution in [2.45, 2.75) is 25.5 Å². The van der Waals surface area contributed by atoms with Crippen LogP contribution in [-0.4, -0.2) is 24.8 Å². The molecule has 0 saturated carbocycles. The van der Waals surface area contributed by atoms with Crippen molar-refractivity contribution in [3.63, 3.8) is 0 Å². The summed E-state index contributed by atoms with van der Waals surface area (Å²) >= 11 is 11.8. The van der Waals surface area contributed by atoms with E-state index in [4.69, 9.17) is 38.4 Å². The zero-order chi connectivity index (χ0) is 13.1. The van der Waals surface area contributed by atoms with Gasteiger partial charge in [-0.2, -0.15) is 0 Å². The van der Waals surface area contributed by atoms with Gasteiger partial charge in [0.05, 0.1) is 22.2 Å². The molecule has 0 spiro atoms. The first-order valence-electron chi connectivity index (χ1n) is 5.62. The van der Waals surface area contributed by atoms with Crippen LogP contribution < -0.4 is 10.5 Å². The highest BCUT2D eigenvalue weighted by Crippen LogP contribution is 2.27. The van der Waals surface area contributed by atoms with Crippen LogP contribution in [0.4, 0.5) is 0 Å². The SMILES string of the molecule is C[C@@H](C[C@@H]1COC(N)=N1)Oc1ccc(Cl)c(Cl)c1. The lowest BCUT2D eigenvalue weighted by atomic mass is 10.1. The number of rotatable bonds is 4. The maximum atomic E-state index is 5.92. The number of hydrogen-bond donors (Lipinski definition) is 1. The molecule has 1 aliphatic heterocycles. The van der Waals surface area contributed by atoms with E-state index in [9.17, 15) is 0 Å². The van der Waals surface area contributed by atoms with Gasteiger partial charge in [0, 0.05) is 12.5 Å². The number of ether oxygens (including phenoxy) is 2. The highest BCUT2D eigenvalue weighted by Gasteiger charge is 2.20. The topological polar surface area (TPSA) is 56.8 Å². The van der Waals surface area contributed by atoms with Crippen molar-refractivity contribution in [3.05, 3.63) is 28.2 Å². The van der Waals surface area contributed by atoms with E-state index in [1.807, 2.05) is 6.92 Å². The van der Waals surface area contributed by atoms with Crippen molar-refractivity contribution < 1.29 is 9.47 Å². The van der Waals surface area contributed by atoms with Gasteiger partial charge in [0.2, 0.25) is 0 Å². The largest absolute Gasteiger partial charge is 0.491 e. The van der Waals surface area contributed by atoms with Crippen LogP contribution in [-0.2, 0) is 4.74 Å². The Morgan fingerprint density at radius 1 is 1.50 bits per heavy atom. The van der Waals surface area contributed by atoms with Crippen LogP contribution in [0.5, 0.6) is 5.75 Å². The Balaban J connectivity index is 1.90. The van der Waals surface area contributed by atoms with Crippen molar-refractivity contribution in [2.75, 3.05) is 6.61 Å². The number of amidine groups is 1. The first-order valence-corrected chi connectivity index (χ1v) is 6.38. The Morgan fingerprint density at radius 3 is 2.89 bits per heavy atom. The van der Waals surface area contributed by atoms with Crippen molar-refractivity contribution in [3.8, 4) is 5.75 Å². The number of benzene rings is 1. The zero-order valence-electron chi connectivity index (χ0n) is 9.90. The lowest BCUT2D eigenvalue weighted by Crippen LogP contribution is -2.20. The molecule has 1 aliphatic rings. The van der Waals surface area contributed by atoms with Crippen molar-refractivity contribution in [1.82, 2.24) is 0 Å². The molecule has 98 valence electrons. The molecule has 1 aromatic carbocycles. The molecule has 0 amide bonds. The number of hydrogen-bond acceptors (Lipinski definition) is 4. The van der Waals surface area contributed by atoms with E-state index >= 15 is 0 Å². The molecule has 2 rings (SSSR count). The molecule has 0 aromatic heterocycles. The highest BCUT2D eigenvalue weighted by molar-refractivity contribution is 6.42. The summed E-state index contributed by atoms with van der Waals surface area (Å²) in [6.07, 6.45) is 0.728. The van der Waals surface area contributed by atoms with Gasteiger partial charge >= 0.3 is 0 Å². The second-order valence-corrected chi connectivity index (χ2v) is 4.99. The first-order chi connectivity index (χ1) is 8.54. The van der Waals surface area contributed by atoms with E-state index in [2.05, 4.69) is 4.99 Å². The molecule has 2 atom stereocenters. The Bertz CT molecular complexity index is 465. The average molecular weight is 289 g/mol. The number of nitrogens with zero attached hydrogens (tertiary/aromatic N) is 1. The van der Waals surface area contributed by atoms with Crippen LogP contribution in [0.1, 0.15) is 13.3 Å². The Morgan fingerprint density at radius 2 is 2.28 bits per heavy atom. The molecule has 0 bridgehead atoms. The number of nitrogens with two attached hydrogens (primary N) is 1. The molecule has 0 aliphatic carbocycles. The summed E-state index contributed by atoms with van der Waals surface area (Å²) < 4.78 is 10.8. The van der Waals surface area contributed by atoms with E-state index in [1.165, 1.54) is 0 Å². The third-order valence-electron chi connectivity index (χ3n) is 2.57. The fourth-order valence-electron chi connectivity index (χ4n) is 1.77. The van der Waals surface area contributed by atoms with Crippen LogP contribution in [0.15, 0.2) is 23.2 Å². The summed E-state index contributed by atoms with van der Waals surface area (Å²) in [5.41, 5.74) is 5.44. The molecular formula is C12H14Cl2N2O2. The van der Waals surface area contributed by atoms with Crippen LogP contribution in [0, 0.1) is 0 Å². The molecule has 0 radical (unpaired) electrons. The lowest BCUT2D eigenvalue weighted by Gasteiger charge is -2.16. The van der Waals surface area contributed by atoms with E-state index in [0.29, 0.717) is 22.4 Å². The van der Waals surface area contributed by atoms with Crippen molar-refractivity contribution in [1.29, 1.82) is 0 Å². The quantitative estimate of drug-likeness (QED) is 0.927. The number of aliphatic imine (C=N–C) groups is 1. The summed E-state index contributed by atoms with van der Waals surface area (Å²) in [7, 11) is 0. The van der Waals surface area contributed by atoms with Gasteiger partial charge in [-0.25, -0.2) is 4.99 Å². The van der Waals surface area contributed by atoms with Gasteiger partial charge in [-0.1, -0.05) is 23.2 Å². The maximum absolute atomic E-state index is 5.92. The molecule has 1 heterocycles. The summed E-state index contributed by atoms with van der Waals surface area (Å²) in [6, 6.07) is 5.50. The van der Waals surface area contributed by atoms with Gasteiger partial charge < -0.3 is 15.2 Å². The molecule has 0 saturated heterocycles. The van der Waals surface area contributed by atoms with Gasteiger partial charge in [0.25, 0.3) is 6.02 Å². The predicted octanol–water partition coefficient (Wildman–Crippen LogP) is 2.86. The molecule has 6 heteroatoms. The highest BCUT2D eigenvalue weighted by atomic mass is 35.5. The molecule has 18 heavy (non-hydrogen) atoms. The Labute approximate surface area is 116 Å². The Kier molecular flexibility index (Phi) is 4.19. The summed E-state index contributed by atoms with van der Waals surface area (Å²) in [5, 5.41) is 0.992. The van der Waals surface area contributed by atoms with Crippen LogP contribution in [0.2, 0.25) is 10.0 Å². The van der Waals surface area contributed by atoms with Gasteiger partial charge in [-0.3, -0.25) is 0 Å². The number of halogens is 2. The molecule has 0 unspecified atom stereocenters. The van der Waals surface area contributed by atoms with E-state index in [1.54, 1.807) is 18.2 Å². The van der Waals surface area contributed by atoms with Gasteiger partial charge in [0.15, 0.2) is 0 Å². The molecule has 1 aromatic rings. The Hall–Kier alpha value is -1.13. The van der Waals surface area contributed by atoms with Crippen molar-refractivity contribution in [2.24, 2.45) is 10.7 Å². The second kappa shape index (κ2) is 5.67. The monoisotopic (exact) mass is 288 g/mol. The van der Waals surface area contributed by atoms with Crippen LogP contribution in [0.25, 0.3) is 0 Å². The van der Waals surface area contributed by atoms with Gasteiger partial charge in [-0.05, 0) is 19.1 Å². The summed E-state index contributed by atoms with van der Waals surface area (Å²) in [6.45, 7) is 2.48. The van der Waals surface area contributed by atoms with E-state index < -0.39 is 0 Å². The predicted molar refractivity (Wildman–Crippen MR) is 72.5 cm³/mol. The minimum absolute atomic E-state index is 0.00880. The standard InChI is InChI=1S/C12H14Cl2N2O2/c1-7(4-8-6-17-12(15)16-8)18-9-2-3-10(13)11(14)5-9/h2-3,5,7-8H,4,6H2,1H3,(H2,15,16)/t7-,8+/m0/s1. The zero-order valence-corrected chi connectivity index (χ0v) is 11.4. The molecular weight excluding hydrogens is 275 g/mol. The fourth-order valence-corrected chi connectivity index (χ4v) is 2.06. The lowest BCUT2D eigenvalue weighted by molar-refractivity contribution is 0.189. The first kappa shape index (κ1) is 13.3. The van der Waals surface area contributed by atoms with E-state index in [0.717, 1.165) is 6.42 Å². The maximum Gasteiger partial charge on any atom is 0.282 e. The van der Waals surface area contributed by atoms with Crippen molar-refractivity contribution >= 4 is 29.2 Å². The molecule has 4 nitrogen and oxygen atoms in total. The molecule has 0 fully saturated rings.